The van der Waals surface area contributed by atoms with E-state index in [2.05, 4.69) is 60.3 Å². The first kappa shape index (κ1) is 31.2. The van der Waals surface area contributed by atoms with Crippen LogP contribution in [0.2, 0.25) is 0 Å². The first-order valence-corrected chi connectivity index (χ1v) is 15.9. The third-order valence-electron chi connectivity index (χ3n) is 9.58. The number of anilines is 1. The Morgan fingerprint density at radius 3 is 2.33 bits per heavy atom. The molecule has 3 aliphatic rings. The Morgan fingerprint density at radius 2 is 1.70 bits per heavy atom. The largest absolute Gasteiger partial charge is 0.385 e. The zero-order valence-corrected chi connectivity index (χ0v) is 26.3. The highest BCUT2D eigenvalue weighted by Gasteiger charge is 2.37. The average Bonchev–Trinajstić information content (AvgIpc) is 3.02. The summed E-state index contributed by atoms with van der Waals surface area (Å²) in [6.07, 6.45) is 5.33. The maximum atomic E-state index is 13.1. The number of guanidine groups is 1. The van der Waals surface area contributed by atoms with E-state index in [9.17, 15) is 9.90 Å². The number of nitrogens with zero attached hydrogens (tertiary/aromatic N) is 5. The van der Waals surface area contributed by atoms with Crippen LogP contribution >= 0.6 is 0 Å². The van der Waals surface area contributed by atoms with Gasteiger partial charge in [-0.15, -0.1) is 0 Å². The maximum Gasteiger partial charge on any atom is 0.253 e. The van der Waals surface area contributed by atoms with Gasteiger partial charge in [-0.2, -0.15) is 4.99 Å². The molecule has 0 radical (unpaired) electrons. The molecular weight excluding hydrogens is 538 g/mol. The molecule has 0 spiro atoms. The van der Waals surface area contributed by atoms with E-state index in [1.807, 2.05) is 36.2 Å². The van der Waals surface area contributed by atoms with E-state index in [1.165, 1.54) is 5.56 Å². The van der Waals surface area contributed by atoms with Crippen LogP contribution < -0.4 is 11.1 Å². The molecule has 1 amide bonds. The molecule has 2 aromatic rings. The molecule has 43 heavy (non-hydrogen) atoms. The van der Waals surface area contributed by atoms with E-state index in [0.717, 1.165) is 75.5 Å². The maximum absolute atomic E-state index is 13.1. The number of amides is 1. The predicted molar refractivity (Wildman–Crippen MR) is 175 cm³/mol. The molecule has 1 atom stereocenters. The van der Waals surface area contributed by atoms with Gasteiger partial charge in [-0.05, 0) is 100.0 Å². The van der Waals surface area contributed by atoms with Crippen molar-refractivity contribution < 1.29 is 9.90 Å². The standard InChI is InChI=1S/C34H49N7O2/c1-24(2)25-7-11-27(12-8-25)34(43)17-22-41(23-18-34)30-6-5-19-36-31(30)38-33(35)37-28-13-9-26(10-14-28)32(42)40(4)29-15-20-39(3)21-16-29/h7-14,24,29-30,43H,5-6,15-23H2,1-4H3,(H3,35,36,37,38). The second-order valence-electron chi connectivity index (χ2n) is 12.9. The molecule has 2 saturated heterocycles. The Balaban J connectivity index is 1.18. The van der Waals surface area contributed by atoms with E-state index in [0.29, 0.717) is 24.3 Å². The van der Waals surface area contributed by atoms with Gasteiger partial charge in [0, 0.05) is 44.0 Å². The van der Waals surface area contributed by atoms with Crippen LogP contribution in [0, 0.1) is 0 Å². The summed E-state index contributed by atoms with van der Waals surface area (Å²) in [5.41, 5.74) is 9.28. The van der Waals surface area contributed by atoms with Crippen LogP contribution in [0.15, 0.2) is 58.5 Å². The number of nitrogens with one attached hydrogen (secondary N) is 1. The van der Waals surface area contributed by atoms with Crippen molar-refractivity contribution in [3.05, 3.63) is 65.2 Å². The lowest BCUT2D eigenvalue weighted by atomic mass is 9.83. The molecule has 0 aromatic heterocycles. The summed E-state index contributed by atoms with van der Waals surface area (Å²) >= 11 is 0. The zero-order valence-electron chi connectivity index (χ0n) is 26.3. The van der Waals surface area contributed by atoms with Crippen LogP contribution in [0.1, 0.15) is 79.8 Å². The Kier molecular flexibility index (Phi) is 9.84. The van der Waals surface area contributed by atoms with Crippen LogP contribution in [0.3, 0.4) is 0 Å². The summed E-state index contributed by atoms with van der Waals surface area (Å²) in [5, 5.41) is 14.7. The van der Waals surface area contributed by atoms with Crippen LogP contribution in [-0.4, -0.2) is 96.4 Å². The minimum absolute atomic E-state index is 0.0446. The molecule has 0 saturated carbocycles. The summed E-state index contributed by atoms with van der Waals surface area (Å²) in [5.74, 6) is 1.55. The quantitative estimate of drug-likeness (QED) is 0.345. The molecule has 0 bridgehead atoms. The molecule has 9 nitrogen and oxygen atoms in total. The number of carbonyl (C=O) groups excluding carboxylic acids is 1. The predicted octanol–water partition coefficient (Wildman–Crippen LogP) is 4.25. The third-order valence-corrected chi connectivity index (χ3v) is 9.58. The van der Waals surface area contributed by atoms with E-state index in [4.69, 9.17) is 15.7 Å². The Morgan fingerprint density at radius 1 is 1.05 bits per heavy atom. The number of hydrogen-bond acceptors (Lipinski definition) is 6. The Labute approximate surface area is 256 Å². The van der Waals surface area contributed by atoms with Crippen molar-refractivity contribution in [2.24, 2.45) is 15.7 Å². The van der Waals surface area contributed by atoms with Crippen molar-refractivity contribution in [1.29, 1.82) is 0 Å². The highest BCUT2D eigenvalue weighted by atomic mass is 16.3. The van der Waals surface area contributed by atoms with Crippen molar-refractivity contribution in [2.75, 3.05) is 52.1 Å². The van der Waals surface area contributed by atoms with Crippen molar-refractivity contribution in [3.63, 3.8) is 0 Å². The lowest BCUT2D eigenvalue weighted by Crippen LogP contribution is -2.50. The smallest absolute Gasteiger partial charge is 0.253 e. The van der Waals surface area contributed by atoms with Crippen LogP contribution in [-0.2, 0) is 5.60 Å². The van der Waals surface area contributed by atoms with E-state index in [1.54, 1.807) is 0 Å². The number of aliphatic imine (C=N–C) groups is 2. The van der Waals surface area contributed by atoms with Gasteiger partial charge in [0.1, 0.15) is 5.84 Å². The molecule has 232 valence electrons. The fourth-order valence-electron chi connectivity index (χ4n) is 6.59. The van der Waals surface area contributed by atoms with E-state index < -0.39 is 5.60 Å². The van der Waals surface area contributed by atoms with Gasteiger partial charge in [-0.1, -0.05) is 38.1 Å². The molecule has 1 unspecified atom stereocenters. The summed E-state index contributed by atoms with van der Waals surface area (Å²) in [7, 11) is 4.03. The molecule has 9 heteroatoms. The second-order valence-corrected chi connectivity index (χ2v) is 12.9. The number of aliphatic hydroxyl groups is 1. The molecular formula is C34H49N7O2. The molecule has 3 aliphatic heterocycles. The summed E-state index contributed by atoms with van der Waals surface area (Å²) in [4.78, 5) is 29.1. The van der Waals surface area contributed by atoms with Gasteiger partial charge in [0.15, 0.2) is 5.96 Å². The topological polar surface area (TPSA) is 110 Å². The average molecular weight is 588 g/mol. The van der Waals surface area contributed by atoms with Gasteiger partial charge >= 0.3 is 0 Å². The number of likely N-dealkylation sites (tertiary alicyclic amines) is 2. The Bertz CT molecular complexity index is 1290. The highest BCUT2D eigenvalue weighted by Crippen LogP contribution is 2.35. The number of piperidine rings is 2. The normalized spacial score (nSPS) is 22.3. The second kappa shape index (κ2) is 13.6. The molecule has 2 fully saturated rings. The van der Waals surface area contributed by atoms with Crippen molar-refractivity contribution in [1.82, 2.24) is 14.7 Å². The SMILES string of the molecule is CC(C)c1ccc(C2(O)CCN(C3CCCN=C3N=C(N)Nc3ccc(C(=O)N(C)C4CCN(C)CC4)cc3)CC2)cc1. The van der Waals surface area contributed by atoms with Crippen molar-refractivity contribution >= 4 is 23.4 Å². The number of amidine groups is 1. The number of benzene rings is 2. The minimum Gasteiger partial charge on any atom is -0.385 e. The number of carbonyl (C=O) groups is 1. The first-order valence-electron chi connectivity index (χ1n) is 15.9. The monoisotopic (exact) mass is 587 g/mol. The van der Waals surface area contributed by atoms with Gasteiger partial charge in [0.2, 0.25) is 0 Å². The van der Waals surface area contributed by atoms with Crippen LogP contribution in [0.25, 0.3) is 0 Å². The zero-order chi connectivity index (χ0) is 30.6. The molecule has 2 aromatic carbocycles. The van der Waals surface area contributed by atoms with Gasteiger partial charge in [0.05, 0.1) is 11.6 Å². The molecule has 0 aliphatic carbocycles. The van der Waals surface area contributed by atoms with Crippen LogP contribution in [0.4, 0.5) is 5.69 Å². The molecule has 4 N–H and O–H groups in total. The van der Waals surface area contributed by atoms with Crippen molar-refractivity contribution in [3.8, 4) is 0 Å². The third kappa shape index (κ3) is 7.45. The minimum atomic E-state index is -0.808. The first-order chi connectivity index (χ1) is 20.6. The van der Waals surface area contributed by atoms with Gasteiger partial charge in [-0.25, -0.2) is 0 Å². The van der Waals surface area contributed by atoms with Gasteiger partial charge in [-0.3, -0.25) is 14.7 Å². The fourth-order valence-corrected chi connectivity index (χ4v) is 6.59. The lowest BCUT2D eigenvalue weighted by Gasteiger charge is -2.42. The number of rotatable bonds is 6. The molecule has 3 heterocycles. The van der Waals surface area contributed by atoms with Gasteiger partial charge in [0.25, 0.3) is 5.91 Å². The van der Waals surface area contributed by atoms with E-state index >= 15 is 0 Å². The summed E-state index contributed by atoms with van der Waals surface area (Å²) < 4.78 is 0. The highest BCUT2D eigenvalue weighted by molar-refractivity contribution is 6.04. The van der Waals surface area contributed by atoms with Crippen LogP contribution in [0.5, 0.6) is 0 Å². The molecule has 5 rings (SSSR count). The summed E-state index contributed by atoms with van der Waals surface area (Å²) in [6.45, 7) is 8.69. The lowest BCUT2D eigenvalue weighted by molar-refractivity contribution is -0.0309. The number of nitrogens with two attached hydrogens (primary N) is 1. The van der Waals surface area contributed by atoms with Crippen molar-refractivity contribution in [2.45, 2.75) is 76.0 Å². The number of hydrogen-bond donors (Lipinski definition) is 3. The fraction of sp³-hybridized carbons (Fsp3) is 0.559. The summed E-state index contributed by atoms with van der Waals surface area (Å²) in [6, 6.07) is 16.2. The van der Waals surface area contributed by atoms with E-state index in [-0.39, 0.29) is 24.0 Å². The Hall–Kier alpha value is -3.27. The van der Waals surface area contributed by atoms with Gasteiger partial charge < -0.3 is 26.0 Å².